The van der Waals surface area contributed by atoms with Crippen molar-refractivity contribution in [3.63, 3.8) is 0 Å². The Balaban J connectivity index is 1.71. The van der Waals surface area contributed by atoms with E-state index in [0.717, 1.165) is 27.4 Å². The molecule has 2 amide bonds. The molecule has 1 fully saturated rings. The summed E-state index contributed by atoms with van der Waals surface area (Å²) in [6.07, 6.45) is 2.27. The lowest BCUT2D eigenvalue weighted by Crippen LogP contribution is -2.28. The summed E-state index contributed by atoms with van der Waals surface area (Å²) in [5, 5.41) is 2.93. The standard InChI is InChI=1S/C20H22N2O2S/c1-13-5-4-6-18(14(13)2)22-12-15(11-19(22)23)20(24)21-16-7-9-17(25-3)10-8-16/h4-10,15H,11-12H2,1-3H3,(H,21,24). The van der Waals surface area contributed by atoms with Crippen LogP contribution in [0.5, 0.6) is 0 Å². The largest absolute Gasteiger partial charge is 0.326 e. The van der Waals surface area contributed by atoms with Crippen molar-refractivity contribution in [2.45, 2.75) is 25.2 Å². The number of hydrogen-bond donors (Lipinski definition) is 1. The molecule has 25 heavy (non-hydrogen) atoms. The molecule has 0 aliphatic carbocycles. The average Bonchev–Trinajstić information content (AvgIpc) is 3.00. The van der Waals surface area contributed by atoms with Crippen molar-refractivity contribution in [1.29, 1.82) is 0 Å². The highest BCUT2D eigenvalue weighted by atomic mass is 32.2. The minimum atomic E-state index is -0.326. The molecular weight excluding hydrogens is 332 g/mol. The van der Waals surface area contributed by atoms with Crippen LogP contribution in [-0.2, 0) is 9.59 Å². The fraction of sp³-hybridized carbons (Fsp3) is 0.300. The number of carbonyl (C=O) groups excluding carboxylic acids is 2. The van der Waals surface area contributed by atoms with Crippen LogP contribution in [0.3, 0.4) is 0 Å². The average molecular weight is 354 g/mol. The highest BCUT2D eigenvalue weighted by Gasteiger charge is 2.35. The predicted octanol–water partition coefficient (Wildman–Crippen LogP) is 4.02. The number of benzene rings is 2. The first kappa shape index (κ1) is 17.5. The Morgan fingerprint density at radius 1 is 1.16 bits per heavy atom. The van der Waals surface area contributed by atoms with Gasteiger partial charge in [0.1, 0.15) is 0 Å². The van der Waals surface area contributed by atoms with Crippen LogP contribution in [0, 0.1) is 19.8 Å². The Labute approximate surface area is 152 Å². The maximum absolute atomic E-state index is 12.5. The molecule has 2 aromatic rings. The van der Waals surface area contributed by atoms with Crippen molar-refractivity contribution in [2.75, 3.05) is 23.0 Å². The number of thioether (sulfide) groups is 1. The number of nitrogens with one attached hydrogen (secondary N) is 1. The third-order valence-corrected chi connectivity index (χ3v) is 5.46. The first-order valence-corrected chi connectivity index (χ1v) is 9.53. The van der Waals surface area contributed by atoms with Crippen molar-refractivity contribution in [2.24, 2.45) is 5.92 Å². The lowest BCUT2D eigenvalue weighted by atomic mass is 10.1. The van der Waals surface area contributed by atoms with E-state index in [2.05, 4.69) is 5.32 Å². The van der Waals surface area contributed by atoms with Crippen LogP contribution in [0.15, 0.2) is 47.4 Å². The summed E-state index contributed by atoms with van der Waals surface area (Å²) >= 11 is 1.66. The van der Waals surface area contributed by atoms with E-state index in [0.29, 0.717) is 6.54 Å². The highest BCUT2D eigenvalue weighted by Crippen LogP contribution is 2.30. The molecule has 0 saturated carbocycles. The van der Waals surface area contributed by atoms with E-state index in [4.69, 9.17) is 0 Å². The van der Waals surface area contributed by atoms with E-state index in [1.54, 1.807) is 16.7 Å². The van der Waals surface area contributed by atoms with Gasteiger partial charge in [-0.25, -0.2) is 0 Å². The Morgan fingerprint density at radius 2 is 1.88 bits per heavy atom. The van der Waals surface area contributed by atoms with Gasteiger partial charge in [-0.1, -0.05) is 12.1 Å². The molecule has 1 saturated heterocycles. The molecule has 130 valence electrons. The van der Waals surface area contributed by atoms with Gasteiger partial charge in [-0.15, -0.1) is 11.8 Å². The van der Waals surface area contributed by atoms with Gasteiger partial charge in [-0.2, -0.15) is 0 Å². The van der Waals surface area contributed by atoms with Gasteiger partial charge in [0.15, 0.2) is 0 Å². The molecule has 0 radical (unpaired) electrons. The smallest absolute Gasteiger partial charge is 0.229 e. The minimum absolute atomic E-state index is 0.00609. The molecule has 0 bridgehead atoms. The van der Waals surface area contributed by atoms with Crippen LogP contribution in [-0.4, -0.2) is 24.6 Å². The van der Waals surface area contributed by atoms with Gasteiger partial charge in [0.2, 0.25) is 11.8 Å². The Kier molecular flexibility index (Phi) is 5.13. The molecule has 5 heteroatoms. The zero-order valence-corrected chi connectivity index (χ0v) is 15.5. The molecule has 0 aromatic heterocycles. The first-order chi connectivity index (χ1) is 12.0. The van der Waals surface area contributed by atoms with Crippen molar-refractivity contribution < 1.29 is 9.59 Å². The summed E-state index contributed by atoms with van der Waals surface area (Å²) in [5.74, 6) is -0.419. The summed E-state index contributed by atoms with van der Waals surface area (Å²) in [7, 11) is 0. The number of aryl methyl sites for hydroxylation is 1. The van der Waals surface area contributed by atoms with E-state index >= 15 is 0 Å². The Hall–Kier alpha value is -2.27. The number of amides is 2. The van der Waals surface area contributed by atoms with Gasteiger partial charge in [-0.05, 0) is 61.6 Å². The third kappa shape index (κ3) is 3.71. The van der Waals surface area contributed by atoms with Gasteiger partial charge >= 0.3 is 0 Å². The van der Waals surface area contributed by atoms with Crippen LogP contribution >= 0.6 is 11.8 Å². The molecular formula is C20H22N2O2S. The summed E-state index contributed by atoms with van der Waals surface area (Å²) in [5.41, 5.74) is 3.90. The van der Waals surface area contributed by atoms with E-state index < -0.39 is 0 Å². The molecule has 1 unspecified atom stereocenters. The van der Waals surface area contributed by atoms with Crippen LogP contribution in [0.25, 0.3) is 0 Å². The topological polar surface area (TPSA) is 49.4 Å². The van der Waals surface area contributed by atoms with Crippen molar-refractivity contribution >= 4 is 35.0 Å². The van der Waals surface area contributed by atoms with Crippen molar-refractivity contribution in [3.05, 3.63) is 53.6 Å². The second kappa shape index (κ2) is 7.31. The lowest BCUT2D eigenvalue weighted by Gasteiger charge is -2.20. The van der Waals surface area contributed by atoms with Crippen LogP contribution < -0.4 is 10.2 Å². The van der Waals surface area contributed by atoms with Crippen LogP contribution in [0.1, 0.15) is 17.5 Å². The third-order valence-electron chi connectivity index (χ3n) is 4.72. The first-order valence-electron chi connectivity index (χ1n) is 8.31. The van der Waals surface area contributed by atoms with Gasteiger partial charge in [0, 0.05) is 29.2 Å². The van der Waals surface area contributed by atoms with Crippen molar-refractivity contribution in [1.82, 2.24) is 0 Å². The zero-order chi connectivity index (χ0) is 18.0. The van der Waals surface area contributed by atoms with E-state index in [1.165, 1.54) is 0 Å². The minimum Gasteiger partial charge on any atom is -0.326 e. The van der Waals surface area contributed by atoms with Crippen molar-refractivity contribution in [3.8, 4) is 0 Å². The van der Waals surface area contributed by atoms with Gasteiger partial charge in [0.25, 0.3) is 0 Å². The van der Waals surface area contributed by atoms with E-state index in [9.17, 15) is 9.59 Å². The molecule has 1 aliphatic heterocycles. The number of carbonyl (C=O) groups is 2. The van der Waals surface area contributed by atoms with Crippen LogP contribution in [0.4, 0.5) is 11.4 Å². The number of nitrogens with zero attached hydrogens (tertiary/aromatic N) is 1. The number of anilines is 2. The lowest BCUT2D eigenvalue weighted by molar-refractivity contribution is -0.122. The Morgan fingerprint density at radius 3 is 2.56 bits per heavy atom. The molecule has 2 aromatic carbocycles. The van der Waals surface area contributed by atoms with Gasteiger partial charge in [0.05, 0.1) is 5.92 Å². The fourth-order valence-electron chi connectivity index (χ4n) is 3.06. The molecule has 1 N–H and O–H groups in total. The summed E-state index contributed by atoms with van der Waals surface area (Å²) in [4.78, 5) is 27.9. The molecule has 1 aliphatic rings. The number of rotatable bonds is 4. The maximum atomic E-state index is 12.5. The quantitative estimate of drug-likeness (QED) is 0.844. The SMILES string of the molecule is CSc1ccc(NC(=O)C2CC(=O)N(c3cccc(C)c3C)C2)cc1. The van der Waals surface area contributed by atoms with E-state index in [1.807, 2.05) is 62.6 Å². The highest BCUT2D eigenvalue weighted by molar-refractivity contribution is 7.98. The maximum Gasteiger partial charge on any atom is 0.229 e. The second-order valence-electron chi connectivity index (χ2n) is 6.34. The summed E-state index contributed by atoms with van der Waals surface area (Å²) in [6.45, 7) is 4.47. The Bertz CT molecular complexity index is 802. The summed E-state index contributed by atoms with van der Waals surface area (Å²) < 4.78 is 0. The summed E-state index contributed by atoms with van der Waals surface area (Å²) in [6, 6.07) is 13.7. The second-order valence-corrected chi connectivity index (χ2v) is 7.22. The van der Waals surface area contributed by atoms with E-state index in [-0.39, 0.29) is 24.2 Å². The normalized spacial score (nSPS) is 17.0. The molecule has 1 heterocycles. The van der Waals surface area contributed by atoms with Gasteiger partial charge < -0.3 is 10.2 Å². The predicted molar refractivity (Wildman–Crippen MR) is 103 cm³/mol. The monoisotopic (exact) mass is 354 g/mol. The van der Waals surface area contributed by atoms with Gasteiger partial charge in [-0.3, -0.25) is 9.59 Å². The molecule has 3 rings (SSSR count). The number of hydrogen-bond acceptors (Lipinski definition) is 3. The fourth-order valence-corrected chi connectivity index (χ4v) is 3.47. The molecule has 0 spiro atoms. The molecule has 1 atom stereocenters. The molecule has 4 nitrogen and oxygen atoms in total. The van der Waals surface area contributed by atoms with Crippen LogP contribution in [0.2, 0.25) is 0 Å². The zero-order valence-electron chi connectivity index (χ0n) is 14.7.